The molecule has 2 rings (SSSR count). The Labute approximate surface area is 57.9 Å². The molecule has 47 valence electrons. The highest BCUT2D eigenvalue weighted by Crippen LogP contribution is 2.15. The smallest absolute Gasteiger partial charge is 0.152 e. The van der Waals surface area contributed by atoms with Crippen LogP contribution in [0.25, 0.3) is 0 Å². The highest BCUT2D eigenvalue weighted by Gasteiger charge is 2.09. The van der Waals surface area contributed by atoms with Crippen molar-refractivity contribution < 1.29 is 0 Å². The fraction of sp³-hybridized carbons (Fsp3) is 0.500. The Balaban J connectivity index is 2.39. The number of thiazole rings is 1. The van der Waals surface area contributed by atoms with Gasteiger partial charge < -0.3 is 5.32 Å². The molecule has 0 unspecified atom stereocenters. The minimum absolute atomic E-state index is 0.997. The van der Waals surface area contributed by atoms with Crippen LogP contribution in [0.1, 0.15) is 10.6 Å². The van der Waals surface area contributed by atoms with Crippen LogP contribution in [0, 0.1) is 5.51 Å². The summed E-state index contributed by atoms with van der Waals surface area (Å²) in [4.78, 5) is 5.47. The molecular weight excluding hydrogens is 132 g/mol. The van der Waals surface area contributed by atoms with E-state index in [4.69, 9.17) is 0 Å². The summed E-state index contributed by atoms with van der Waals surface area (Å²) >= 11 is 1.63. The van der Waals surface area contributed by atoms with Crippen molar-refractivity contribution in [2.45, 2.75) is 13.0 Å². The molecule has 0 saturated heterocycles. The lowest BCUT2D eigenvalue weighted by atomic mass is 10.2. The van der Waals surface area contributed by atoms with E-state index in [2.05, 4.69) is 15.8 Å². The molecule has 0 aliphatic carbocycles. The summed E-state index contributed by atoms with van der Waals surface area (Å²) in [6, 6.07) is 0. The molecule has 0 saturated carbocycles. The average molecular weight is 139 g/mol. The summed E-state index contributed by atoms with van der Waals surface area (Å²) in [5.41, 5.74) is 4.14. The Kier molecular flexibility index (Phi) is 1.24. The molecule has 1 radical (unpaired) electrons. The van der Waals surface area contributed by atoms with E-state index in [0.717, 1.165) is 19.5 Å². The van der Waals surface area contributed by atoms with Gasteiger partial charge in [-0.25, -0.2) is 4.98 Å². The summed E-state index contributed by atoms with van der Waals surface area (Å²) in [6.07, 6.45) is 1.08. The quantitative estimate of drug-likeness (QED) is 0.569. The van der Waals surface area contributed by atoms with Gasteiger partial charge in [0.25, 0.3) is 0 Å². The van der Waals surface area contributed by atoms with Gasteiger partial charge in [-0.15, -0.1) is 11.3 Å². The summed E-state index contributed by atoms with van der Waals surface area (Å²) in [6.45, 7) is 2.07. The Hall–Kier alpha value is -0.410. The van der Waals surface area contributed by atoms with Gasteiger partial charge in [-0.2, -0.15) is 0 Å². The zero-order valence-electron chi connectivity index (χ0n) is 4.98. The average Bonchev–Trinajstić information content (AvgIpc) is 2.33. The topological polar surface area (TPSA) is 24.9 Å². The fourth-order valence-electron chi connectivity index (χ4n) is 0.996. The maximum Gasteiger partial charge on any atom is 0.152 e. The van der Waals surface area contributed by atoms with Gasteiger partial charge in [0.15, 0.2) is 5.51 Å². The Bertz CT molecular complexity index is 186. The van der Waals surface area contributed by atoms with Crippen LogP contribution in [0.2, 0.25) is 0 Å². The van der Waals surface area contributed by atoms with E-state index >= 15 is 0 Å². The molecule has 3 heteroatoms. The highest BCUT2D eigenvalue weighted by atomic mass is 32.1. The molecule has 1 aliphatic rings. The number of hydrogen-bond acceptors (Lipinski definition) is 3. The first-order chi connectivity index (χ1) is 4.47. The first-order valence-corrected chi connectivity index (χ1v) is 3.84. The van der Waals surface area contributed by atoms with Gasteiger partial charge in [-0.1, -0.05) is 0 Å². The summed E-state index contributed by atoms with van der Waals surface area (Å²) < 4.78 is 0. The molecule has 0 aromatic carbocycles. The summed E-state index contributed by atoms with van der Waals surface area (Å²) in [5, 5.41) is 3.28. The second kappa shape index (κ2) is 2.08. The van der Waals surface area contributed by atoms with Crippen LogP contribution in [0.15, 0.2) is 0 Å². The van der Waals surface area contributed by atoms with Crippen molar-refractivity contribution in [3.8, 4) is 0 Å². The van der Waals surface area contributed by atoms with Crippen LogP contribution in [0.4, 0.5) is 0 Å². The first-order valence-electron chi connectivity index (χ1n) is 3.02. The molecule has 0 fully saturated rings. The monoisotopic (exact) mass is 139 g/mol. The van der Waals surface area contributed by atoms with Crippen LogP contribution in [-0.4, -0.2) is 11.5 Å². The van der Waals surface area contributed by atoms with Crippen LogP contribution in [-0.2, 0) is 13.0 Å². The maximum atomic E-state index is 4.11. The zero-order chi connectivity index (χ0) is 6.10. The second-order valence-electron chi connectivity index (χ2n) is 2.10. The van der Waals surface area contributed by atoms with E-state index < -0.39 is 0 Å². The SMILES string of the molecule is [c]1nc2c(s1)CNCC2. The standard InChI is InChI=1S/C6H7N2S/c1-2-7-3-6-5(1)8-4-9-6/h7H,1-3H2. The number of rotatable bonds is 0. The summed E-state index contributed by atoms with van der Waals surface area (Å²) in [7, 11) is 0. The Morgan fingerprint density at radius 3 is 3.56 bits per heavy atom. The molecule has 0 spiro atoms. The number of fused-ring (bicyclic) bond motifs is 1. The van der Waals surface area contributed by atoms with Crippen LogP contribution < -0.4 is 5.32 Å². The largest absolute Gasteiger partial charge is 0.311 e. The van der Waals surface area contributed by atoms with Crippen molar-refractivity contribution in [2.24, 2.45) is 0 Å². The van der Waals surface area contributed by atoms with Gasteiger partial charge in [0.05, 0.1) is 5.69 Å². The maximum absolute atomic E-state index is 4.11. The Morgan fingerprint density at radius 1 is 1.67 bits per heavy atom. The molecule has 0 amide bonds. The summed E-state index contributed by atoms with van der Waals surface area (Å²) in [5.74, 6) is 0. The number of nitrogens with one attached hydrogen (secondary N) is 1. The molecule has 1 aromatic heterocycles. The van der Waals surface area contributed by atoms with E-state index in [1.165, 1.54) is 10.6 Å². The van der Waals surface area contributed by atoms with Gasteiger partial charge in [0.1, 0.15) is 0 Å². The third kappa shape index (κ3) is 0.862. The van der Waals surface area contributed by atoms with Crippen molar-refractivity contribution in [2.75, 3.05) is 6.54 Å². The predicted octanol–water partition coefficient (Wildman–Crippen LogP) is 0.589. The fourth-order valence-corrected chi connectivity index (χ4v) is 1.70. The molecule has 1 aromatic rings. The number of hydrogen-bond donors (Lipinski definition) is 1. The highest BCUT2D eigenvalue weighted by molar-refractivity contribution is 7.09. The predicted molar refractivity (Wildman–Crippen MR) is 36.4 cm³/mol. The lowest BCUT2D eigenvalue weighted by molar-refractivity contribution is 0.643. The van der Waals surface area contributed by atoms with Gasteiger partial charge in [0.2, 0.25) is 0 Å². The molecular formula is C6H7N2S. The van der Waals surface area contributed by atoms with E-state index in [0.29, 0.717) is 0 Å². The third-order valence-electron chi connectivity index (χ3n) is 1.50. The molecule has 9 heavy (non-hydrogen) atoms. The molecule has 1 N–H and O–H groups in total. The molecule has 1 aliphatic heterocycles. The van der Waals surface area contributed by atoms with Crippen molar-refractivity contribution in [3.05, 3.63) is 16.1 Å². The van der Waals surface area contributed by atoms with E-state index in [1.54, 1.807) is 11.3 Å². The van der Waals surface area contributed by atoms with Crippen LogP contribution in [0.5, 0.6) is 0 Å². The van der Waals surface area contributed by atoms with Crippen molar-refractivity contribution in [1.29, 1.82) is 0 Å². The van der Waals surface area contributed by atoms with Crippen molar-refractivity contribution in [3.63, 3.8) is 0 Å². The first kappa shape index (κ1) is 5.38. The van der Waals surface area contributed by atoms with Crippen molar-refractivity contribution in [1.82, 2.24) is 10.3 Å². The lowest BCUT2D eigenvalue weighted by Gasteiger charge is -2.09. The van der Waals surface area contributed by atoms with Gasteiger partial charge in [-0.3, -0.25) is 0 Å². The lowest BCUT2D eigenvalue weighted by Crippen LogP contribution is -2.22. The molecule has 2 heterocycles. The van der Waals surface area contributed by atoms with Crippen LogP contribution in [0.3, 0.4) is 0 Å². The van der Waals surface area contributed by atoms with Crippen LogP contribution >= 0.6 is 11.3 Å². The Morgan fingerprint density at radius 2 is 2.67 bits per heavy atom. The number of nitrogens with zero attached hydrogens (tertiary/aromatic N) is 1. The molecule has 2 nitrogen and oxygen atoms in total. The molecule has 0 bridgehead atoms. The van der Waals surface area contributed by atoms with Gasteiger partial charge >= 0.3 is 0 Å². The number of aromatic nitrogens is 1. The van der Waals surface area contributed by atoms with E-state index in [-0.39, 0.29) is 0 Å². The third-order valence-corrected chi connectivity index (χ3v) is 2.30. The minimum atomic E-state index is 0.997. The normalized spacial score (nSPS) is 17.3. The molecule has 0 atom stereocenters. The van der Waals surface area contributed by atoms with Gasteiger partial charge in [0, 0.05) is 24.4 Å². The zero-order valence-corrected chi connectivity index (χ0v) is 5.79. The minimum Gasteiger partial charge on any atom is -0.311 e. The van der Waals surface area contributed by atoms with E-state index in [9.17, 15) is 0 Å². The van der Waals surface area contributed by atoms with Gasteiger partial charge in [-0.05, 0) is 0 Å². The van der Waals surface area contributed by atoms with Crippen molar-refractivity contribution >= 4 is 11.3 Å². The van der Waals surface area contributed by atoms with E-state index in [1.807, 2.05) is 0 Å². The second-order valence-corrected chi connectivity index (χ2v) is 2.98.